The Balaban J connectivity index is 1.43. The van der Waals surface area contributed by atoms with Crippen LogP contribution in [0.2, 0.25) is 0 Å². The summed E-state index contributed by atoms with van der Waals surface area (Å²) in [6.07, 6.45) is 5.28. The third kappa shape index (κ3) is 5.93. The van der Waals surface area contributed by atoms with Crippen molar-refractivity contribution < 1.29 is 18.0 Å². The van der Waals surface area contributed by atoms with Gasteiger partial charge in [-0.15, -0.1) is 0 Å². The normalized spacial score (nSPS) is 14.4. The van der Waals surface area contributed by atoms with Gasteiger partial charge in [-0.25, -0.2) is 18.1 Å². The minimum atomic E-state index is -3.78. The SMILES string of the molecule is Cc1ccc(C2CCN(C(=O)c3cnc4c(C(=O)NS(C)(=O)=O)cnn4c3NCc3ccccc3)CC2)cc1. The van der Waals surface area contributed by atoms with Crippen LogP contribution in [0, 0.1) is 6.92 Å². The number of nitrogens with zero attached hydrogens (tertiary/aromatic N) is 4. The van der Waals surface area contributed by atoms with E-state index in [1.165, 1.54) is 28.0 Å². The second kappa shape index (κ2) is 10.9. The minimum absolute atomic E-state index is 0.0129. The molecule has 1 aliphatic rings. The number of nitrogens with one attached hydrogen (secondary N) is 2. The summed E-state index contributed by atoms with van der Waals surface area (Å²) in [6.45, 7) is 3.68. The number of amides is 2. The van der Waals surface area contributed by atoms with Gasteiger partial charge in [0.05, 0.1) is 12.5 Å². The zero-order chi connectivity index (χ0) is 27.6. The summed E-state index contributed by atoms with van der Waals surface area (Å²) >= 11 is 0. The Morgan fingerprint density at radius 3 is 2.33 bits per heavy atom. The smallest absolute Gasteiger partial charge is 0.270 e. The summed E-state index contributed by atoms with van der Waals surface area (Å²) in [5.41, 5.74) is 3.95. The second-order valence-corrected chi connectivity index (χ2v) is 11.6. The number of piperidine rings is 1. The molecule has 10 nitrogen and oxygen atoms in total. The van der Waals surface area contributed by atoms with Crippen molar-refractivity contribution in [1.29, 1.82) is 0 Å². The zero-order valence-electron chi connectivity index (χ0n) is 21.8. The van der Waals surface area contributed by atoms with Crippen LogP contribution in [0.4, 0.5) is 5.82 Å². The highest BCUT2D eigenvalue weighted by atomic mass is 32.2. The highest BCUT2D eigenvalue weighted by Gasteiger charge is 2.28. The molecule has 2 aromatic heterocycles. The number of aryl methyl sites for hydroxylation is 1. The third-order valence-electron chi connectivity index (χ3n) is 6.91. The fourth-order valence-electron chi connectivity index (χ4n) is 4.85. The molecule has 11 heteroatoms. The number of benzene rings is 2. The van der Waals surface area contributed by atoms with Crippen LogP contribution in [0.15, 0.2) is 67.0 Å². The van der Waals surface area contributed by atoms with Gasteiger partial charge in [0.25, 0.3) is 11.8 Å². The average Bonchev–Trinajstić information content (AvgIpc) is 3.36. The Labute approximate surface area is 227 Å². The Hall–Kier alpha value is -4.25. The molecular weight excluding hydrogens is 516 g/mol. The van der Waals surface area contributed by atoms with Gasteiger partial charge in [-0.3, -0.25) is 9.59 Å². The molecule has 1 saturated heterocycles. The molecule has 5 rings (SSSR count). The fraction of sp³-hybridized carbons (Fsp3) is 0.286. The number of fused-ring (bicyclic) bond motifs is 1. The van der Waals surface area contributed by atoms with Gasteiger partial charge >= 0.3 is 0 Å². The van der Waals surface area contributed by atoms with E-state index in [9.17, 15) is 18.0 Å². The van der Waals surface area contributed by atoms with Gasteiger partial charge in [-0.1, -0.05) is 60.2 Å². The molecule has 0 atom stereocenters. The summed E-state index contributed by atoms with van der Waals surface area (Å²) in [5, 5.41) is 7.59. The van der Waals surface area contributed by atoms with Crippen molar-refractivity contribution in [2.45, 2.75) is 32.2 Å². The van der Waals surface area contributed by atoms with Crippen molar-refractivity contribution in [3.63, 3.8) is 0 Å². The van der Waals surface area contributed by atoms with Gasteiger partial charge in [-0.2, -0.15) is 9.61 Å². The van der Waals surface area contributed by atoms with Crippen LogP contribution in [-0.2, 0) is 16.6 Å². The topological polar surface area (TPSA) is 126 Å². The summed E-state index contributed by atoms with van der Waals surface area (Å²) in [4.78, 5) is 32.5. The number of carbonyl (C=O) groups is 2. The van der Waals surface area contributed by atoms with E-state index < -0.39 is 15.9 Å². The quantitative estimate of drug-likeness (QED) is 0.364. The molecule has 0 unspecified atom stereocenters. The van der Waals surface area contributed by atoms with Crippen LogP contribution < -0.4 is 10.0 Å². The van der Waals surface area contributed by atoms with Crippen molar-refractivity contribution in [2.24, 2.45) is 0 Å². The molecule has 2 amide bonds. The van der Waals surface area contributed by atoms with Crippen LogP contribution in [0.1, 0.15) is 56.2 Å². The van der Waals surface area contributed by atoms with Gasteiger partial charge < -0.3 is 10.2 Å². The van der Waals surface area contributed by atoms with E-state index in [4.69, 9.17) is 0 Å². The van der Waals surface area contributed by atoms with E-state index in [0.29, 0.717) is 36.9 Å². The predicted molar refractivity (Wildman–Crippen MR) is 148 cm³/mol. The predicted octanol–water partition coefficient (Wildman–Crippen LogP) is 3.36. The lowest BCUT2D eigenvalue weighted by Gasteiger charge is -2.32. The summed E-state index contributed by atoms with van der Waals surface area (Å²) in [5.74, 6) is -0.243. The molecule has 1 fully saturated rings. The van der Waals surface area contributed by atoms with Gasteiger partial charge in [0.1, 0.15) is 16.9 Å². The molecule has 2 aromatic carbocycles. The molecular formula is C28H30N6O4S. The van der Waals surface area contributed by atoms with Crippen LogP contribution in [0.25, 0.3) is 5.65 Å². The Kier molecular flexibility index (Phi) is 7.34. The van der Waals surface area contributed by atoms with Gasteiger partial charge in [-0.05, 0) is 36.8 Å². The fourth-order valence-corrected chi connectivity index (χ4v) is 5.29. The van der Waals surface area contributed by atoms with Crippen LogP contribution in [0.3, 0.4) is 0 Å². The third-order valence-corrected chi connectivity index (χ3v) is 7.47. The highest BCUT2D eigenvalue weighted by Crippen LogP contribution is 2.30. The van der Waals surface area contributed by atoms with Crippen LogP contribution >= 0.6 is 0 Å². The van der Waals surface area contributed by atoms with Crippen LogP contribution in [-0.4, -0.2) is 59.1 Å². The maximum absolute atomic E-state index is 13.7. The number of carbonyl (C=O) groups excluding carboxylic acids is 2. The molecule has 39 heavy (non-hydrogen) atoms. The molecule has 0 radical (unpaired) electrons. The Bertz CT molecular complexity index is 1610. The maximum Gasteiger partial charge on any atom is 0.270 e. The number of sulfonamides is 1. The lowest BCUT2D eigenvalue weighted by atomic mass is 9.89. The number of likely N-dealkylation sites (tertiary alicyclic amines) is 1. The molecule has 1 aliphatic heterocycles. The first-order valence-electron chi connectivity index (χ1n) is 12.7. The molecule has 0 spiro atoms. The number of rotatable bonds is 7. The van der Waals surface area contributed by atoms with E-state index >= 15 is 0 Å². The molecule has 202 valence electrons. The van der Waals surface area contributed by atoms with E-state index in [0.717, 1.165) is 24.7 Å². The van der Waals surface area contributed by atoms with Gasteiger partial charge in [0, 0.05) is 25.8 Å². The first-order valence-corrected chi connectivity index (χ1v) is 14.6. The van der Waals surface area contributed by atoms with E-state index in [1.807, 2.05) is 40.0 Å². The Morgan fingerprint density at radius 1 is 0.974 bits per heavy atom. The van der Waals surface area contributed by atoms with E-state index in [1.54, 1.807) is 0 Å². The van der Waals surface area contributed by atoms with Gasteiger partial charge in [0.15, 0.2) is 5.65 Å². The molecule has 3 heterocycles. The lowest BCUT2D eigenvalue weighted by molar-refractivity contribution is 0.0712. The van der Waals surface area contributed by atoms with Crippen molar-refractivity contribution in [2.75, 3.05) is 24.7 Å². The number of hydrogen-bond acceptors (Lipinski definition) is 7. The molecule has 4 aromatic rings. The van der Waals surface area contributed by atoms with E-state index in [-0.39, 0.29) is 17.1 Å². The summed E-state index contributed by atoms with van der Waals surface area (Å²) in [7, 11) is -3.78. The average molecular weight is 547 g/mol. The highest BCUT2D eigenvalue weighted by molar-refractivity contribution is 7.89. The summed E-state index contributed by atoms with van der Waals surface area (Å²) in [6, 6.07) is 18.2. The van der Waals surface area contributed by atoms with Crippen molar-refractivity contribution in [3.05, 3.63) is 94.8 Å². The monoisotopic (exact) mass is 546 g/mol. The first-order chi connectivity index (χ1) is 18.7. The van der Waals surface area contributed by atoms with Crippen molar-refractivity contribution in [1.82, 2.24) is 24.2 Å². The largest absolute Gasteiger partial charge is 0.365 e. The van der Waals surface area contributed by atoms with Gasteiger partial charge in [0.2, 0.25) is 10.0 Å². The van der Waals surface area contributed by atoms with Crippen molar-refractivity contribution in [3.8, 4) is 0 Å². The number of aromatic nitrogens is 3. The standard InChI is InChI=1S/C28H30N6O4S/c1-19-8-10-21(11-9-19)22-12-14-33(15-13-22)28(36)24-17-30-25-23(27(35)32-39(2,37)38)18-31-34(25)26(24)29-16-20-6-4-3-5-7-20/h3-11,17-18,22,29H,12-16H2,1-2H3,(H,32,35). The first kappa shape index (κ1) is 26.4. The maximum atomic E-state index is 13.7. The molecule has 0 saturated carbocycles. The van der Waals surface area contributed by atoms with Crippen LogP contribution in [0.5, 0.6) is 0 Å². The second-order valence-electron chi connectivity index (χ2n) is 9.83. The molecule has 2 N–H and O–H groups in total. The number of anilines is 1. The molecule has 0 aliphatic carbocycles. The Morgan fingerprint density at radius 2 is 1.67 bits per heavy atom. The number of hydrogen-bond donors (Lipinski definition) is 2. The van der Waals surface area contributed by atoms with E-state index in [2.05, 4.69) is 46.6 Å². The minimum Gasteiger partial charge on any atom is -0.365 e. The van der Waals surface area contributed by atoms with Crippen molar-refractivity contribution >= 4 is 33.3 Å². The zero-order valence-corrected chi connectivity index (χ0v) is 22.6. The lowest BCUT2D eigenvalue weighted by Crippen LogP contribution is -2.38. The summed E-state index contributed by atoms with van der Waals surface area (Å²) < 4.78 is 26.5. The molecule has 0 bridgehead atoms.